The van der Waals surface area contributed by atoms with Crippen LogP contribution < -0.4 is 5.32 Å². The van der Waals surface area contributed by atoms with Gasteiger partial charge in [0.2, 0.25) is 5.91 Å². The van der Waals surface area contributed by atoms with Gasteiger partial charge < -0.3 is 5.32 Å². The van der Waals surface area contributed by atoms with Crippen LogP contribution in [0.4, 0.5) is 4.39 Å². The number of carbonyl (C=O) groups is 1. The molecule has 0 bridgehead atoms. The van der Waals surface area contributed by atoms with E-state index in [4.69, 9.17) is 0 Å². The first kappa shape index (κ1) is 22.7. The molecule has 0 aliphatic rings. The fraction of sp³-hybridized carbons (Fsp3) is 0.292. The molecule has 0 saturated heterocycles. The third kappa shape index (κ3) is 6.04. The van der Waals surface area contributed by atoms with E-state index in [0.29, 0.717) is 29.0 Å². The van der Waals surface area contributed by atoms with Gasteiger partial charge in [-0.15, -0.1) is 16.8 Å². The van der Waals surface area contributed by atoms with Crippen LogP contribution in [0.5, 0.6) is 0 Å². The Labute approximate surface area is 186 Å². The van der Waals surface area contributed by atoms with Crippen LogP contribution in [-0.2, 0) is 11.3 Å². The molecular weight excluding hydrogens is 411 g/mol. The molecule has 1 amide bonds. The maximum atomic E-state index is 14.2. The fourth-order valence-electron chi connectivity index (χ4n) is 3.33. The minimum atomic E-state index is -0.367. The lowest BCUT2D eigenvalue weighted by atomic mass is 9.97. The Bertz CT molecular complexity index is 1020. The minimum Gasteiger partial charge on any atom is -0.349 e. The van der Waals surface area contributed by atoms with Crippen LogP contribution in [-0.4, -0.2) is 26.4 Å². The smallest absolute Gasteiger partial charge is 0.230 e. The average Bonchev–Trinajstić information content (AvgIpc) is 3.15. The van der Waals surface area contributed by atoms with Gasteiger partial charge in [0, 0.05) is 6.54 Å². The zero-order valence-corrected chi connectivity index (χ0v) is 18.6. The van der Waals surface area contributed by atoms with Crippen LogP contribution in [0, 0.1) is 11.7 Å². The molecule has 1 aromatic heterocycles. The number of hydrogen-bond acceptors (Lipinski definition) is 4. The summed E-state index contributed by atoms with van der Waals surface area (Å²) in [5.74, 6) is 0.600. The Morgan fingerprint density at radius 3 is 2.55 bits per heavy atom. The van der Waals surface area contributed by atoms with Gasteiger partial charge >= 0.3 is 0 Å². The number of benzene rings is 2. The van der Waals surface area contributed by atoms with Gasteiger partial charge in [-0.2, -0.15) is 0 Å². The van der Waals surface area contributed by atoms with Gasteiger partial charge in [0.15, 0.2) is 11.0 Å². The van der Waals surface area contributed by atoms with E-state index in [2.05, 4.69) is 35.9 Å². The first-order chi connectivity index (χ1) is 15.0. The van der Waals surface area contributed by atoms with Gasteiger partial charge in [-0.05, 0) is 30.0 Å². The van der Waals surface area contributed by atoms with Gasteiger partial charge in [0.25, 0.3) is 0 Å². The first-order valence-electron chi connectivity index (χ1n) is 10.3. The van der Waals surface area contributed by atoms with Gasteiger partial charge in [0.1, 0.15) is 5.82 Å². The molecule has 2 aromatic carbocycles. The van der Waals surface area contributed by atoms with Crippen LogP contribution >= 0.6 is 11.8 Å². The zero-order chi connectivity index (χ0) is 22.2. The number of rotatable bonds is 10. The van der Waals surface area contributed by atoms with E-state index in [1.165, 1.54) is 17.8 Å². The van der Waals surface area contributed by atoms with Gasteiger partial charge in [-0.3, -0.25) is 9.36 Å². The number of nitrogens with zero attached hydrogens (tertiary/aromatic N) is 3. The first-order valence-corrected chi connectivity index (χ1v) is 11.2. The summed E-state index contributed by atoms with van der Waals surface area (Å²) in [7, 11) is 0. The van der Waals surface area contributed by atoms with Crippen LogP contribution in [0.1, 0.15) is 31.9 Å². The molecule has 0 radical (unpaired) electrons. The number of halogens is 1. The van der Waals surface area contributed by atoms with Crippen molar-refractivity contribution in [2.45, 2.75) is 38.0 Å². The summed E-state index contributed by atoms with van der Waals surface area (Å²) >= 11 is 1.28. The molecule has 0 aliphatic heterocycles. The molecule has 1 atom stereocenters. The predicted molar refractivity (Wildman–Crippen MR) is 123 cm³/mol. The number of nitrogens with one attached hydrogen (secondary N) is 1. The molecule has 162 valence electrons. The molecule has 7 heteroatoms. The second kappa shape index (κ2) is 10.9. The highest BCUT2D eigenvalue weighted by atomic mass is 32.2. The van der Waals surface area contributed by atoms with E-state index in [1.54, 1.807) is 28.8 Å². The summed E-state index contributed by atoms with van der Waals surface area (Å²) in [4.78, 5) is 12.7. The number of hydrogen-bond donors (Lipinski definition) is 1. The molecule has 0 saturated carbocycles. The highest BCUT2D eigenvalue weighted by Gasteiger charge is 2.19. The van der Waals surface area contributed by atoms with Gasteiger partial charge in [-0.1, -0.05) is 74.1 Å². The second-order valence-corrected chi connectivity index (χ2v) is 8.58. The summed E-state index contributed by atoms with van der Waals surface area (Å²) in [5, 5.41) is 12.0. The van der Waals surface area contributed by atoms with Crippen LogP contribution in [0.2, 0.25) is 0 Å². The SMILES string of the molecule is C=CCn1c(SCC(=O)NC(CC(C)C)c2ccccc2)nnc1-c1ccccc1F. The molecule has 0 spiro atoms. The highest BCUT2D eigenvalue weighted by Crippen LogP contribution is 2.26. The standard InChI is InChI=1S/C24H27FN4OS/c1-4-14-29-23(19-12-8-9-13-20(19)25)27-28-24(29)31-16-22(30)26-21(15-17(2)3)18-10-6-5-7-11-18/h4-13,17,21H,1,14-16H2,2-3H3,(H,26,30). The van der Waals surface area contributed by atoms with E-state index in [9.17, 15) is 9.18 Å². The van der Waals surface area contributed by atoms with E-state index < -0.39 is 0 Å². The van der Waals surface area contributed by atoms with Crippen molar-refractivity contribution in [2.24, 2.45) is 5.92 Å². The molecule has 1 unspecified atom stereocenters. The van der Waals surface area contributed by atoms with Crippen molar-refractivity contribution in [3.05, 3.63) is 78.6 Å². The van der Waals surface area contributed by atoms with Crippen molar-refractivity contribution in [2.75, 3.05) is 5.75 Å². The van der Waals surface area contributed by atoms with Crippen molar-refractivity contribution >= 4 is 17.7 Å². The van der Waals surface area contributed by atoms with E-state index in [1.807, 2.05) is 30.3 Å². The Hall–Kier alpha value is -2.93. The van der Waals surface area contributed by atoms with Crippen LogP contribution in [0.15, 0.2) is 72.4 Å². The number of carbonyl (C=O) groups excluding carboxylic acids is 1. The Morgan fingerprint density at radius 1 is 1.16 bits per heavy atom. The highest BCUT2D eigenvalue weighted by molar-refractivity contribution is 7.99. The Kier molecular flexibility index (Phi) is 8.00. The molecule has 1 N–H and O–H groups in total. The zero-order valence-electron chi connectivity index (χ0n) is 17.8. The molecule has 3 rings (SSSR count). The Morgan fingerprint density at radius 2 is 1.87 bits per heavy atom. The third-order valence-electron chi connectivity index (χ3n) is 4.72. The van der Waals surface area contributed by atoms with Crippen molar-refractivity contribution in [1.82, 2.24) is 20.1 Å². The van der Waals surface area contributed by atoms with Crippen molar-refractivity contribution in [1.29, 1.82) is 0 Å². The number of aromatic nitrogens is 3. The predicted octanol–water partition coefficient (Wildman–Crippen LogP) is 5.27. The molecular formula is C24H27FN4OS. The molecule has 3 aromatic rings. The largest absolute Gasteiger partial charge is 0.349 e. The molecule has 5 nitrogen and oxygen atoms in total. The van der Waals surface area contributed by atoms with Crippen LogP contribution in [0.25, 0.3) is 11.4 Å². The van der Waals surface area contributed by atoms with Crippen LogP contribution in [0.3, 0.4) is 0 Å². The summed E-state index contributed by atoms with van der Waals surface area (Å²) in [6.45, 7) is 8.46. The monoisotopic (exact) mass is 438 g/mol. The van der Waals surface area contributed by atoms with E-state index in [-0.39, 0.29) is 23.5 Å². The lowest BCUT2D eigenvalue weighted by Gasteiger charge is -2.21. The van der Waals surface area contributed by atoms with Crippen molar-refractivity contribution < 1.29 is 9.18 Å². The van der Waals surface area contributed by atoms with Gasteiger partial charge in [-0.25, -0.2) is 4.39 Å². The summed E-state index contributed by atoms with van der Waals surface area (Å²) in [5.41, 5.74) is 1.46. The minimum absolute atomic E-state index is 0.0469. The number of amides is 1. The van der Waals surface area contributed by atoms with E-state index in [0.717, 1.165) is 12.0 Å². The number of allylic oxidation sites excluding steroid dienone is 1. The lowest BCUT2D eigenvalue weighted by molar-refractivity contribution is -0.119. The quantitative estimate of drug-likeness (QED) is 0.346. The Balaban J connectivity index is 1.72. The summed E-state index contributed by atoms with van der Waals surface area (Å²) < 4.78 is 16.0. The fourth-order valence-corrected chi connectivity index (χ4v) is 4.09. The molecule has 31 heavy (non-hydrogen) atoms. The van der Waals surface area contributed by atoms with Crippen molar-refractivity contribution in [3.8, 4) is 11.4 Å². The maximum Gasteiger partial charge on any atom is 0.230 e. The normalized spacial score (nSPS) is 12.0. The maximum absolute atomic E-state index is 14.2. The van der Waals surface area contributed by atoms with Gasteiger partial charge in [0.05, 0.1) is 17.4 Å². The average molecular weight is 439 g/mol. The summed E-state index contributed by atoms with van der Waals surface area (Å²) in [6.07, 6.45) is 2.55. The topological polar surface area (TPSA) is 59.8 Å². The number of thioether (sulfide) groups is 1. The van der Waals surface area contributed by atoms with E-state index >= 15 is 0 Å². The molecule has 0 fully saturated rings. The molecule has 0 aliphatic carbocycles. The van der Waals surface area contributed by atoms with Crippen molar-refractivity contribution in [3.63, 3.8) is 0 Å². The lowest BCUT2D eigenvalue weighted by Crippen LogP contribution is -2.31. The molecule has 1 heterocycles. The third-order valence-corrected chi connectivity index (χ3v) is 5.69. The summed E-state index contributed by atoms with van der Waals surface area (Å²) in [6, 6.07) is 16.4. The second-order valence-electron chi connectivity index (χ2n) is 7.63.